The maximum Gasteiger partial charge on any atom is 0.323 e. The minimum Gasteiger partial charge on any atom is -0.324 e. The van der Waals surface area contributed by atoms with Crippen LogP contribution in [0.15, 0.2) is 24.5 Å². The second kappa shape index (κ2) is 9.05. The Hall–Kier alpha value is -2.69. The van der Waals surface area contributed by atoms with Crippen molar-refractivity contribution in [1.82, 2.24) is 34.9 Å². The maximum atomic E-state index is 12.8. The molecule has 3 aromatic rings. The standard InChI is InChI=1S/C22H28N8OS/c1-15-26-27-21(32-15)17-11-16-12-20(24-14-19(16)23-13-17)25-22(31)30-5-3-18(4-6-30)29-9-7-28(2)8-10-29/h11-14,18H,3-10H2,1-2H3,(H,24,25,31). The number of likely N-dealkylation sites (tertiary alicyclic amines) is 1. The highest BCUT2D eigenvalue weighted by molar-refractivity contribution is 7.14. The number of nitrogens with one attached hydrogen (secondary N) is 1. The van der Waals surface area contributed by atoms with Crippen LogP contribution in [0.4, 0.5) is 10.6 Å². The average Bonchev–Trinajstić information content (AvgIpc) is 3.25. The van der Waals surface area contributed by atoms with Crippen LogP contribution in [0.5, 0.6) is 0 Å². The van der Waals surface area contributed by atoms with Crippen molar-refractivity contribution >= 4 is 34.1 Å². The van der Waals surface area contributed by atoms with Crippen LogP contribution < -0.4 is 5.32 Å². The van der Waals surface area contributed by atoms with Crippen LogP contribution >= 0.6 is 11.3 Å². The minimum atomic E-state index is -0.0856. The number of fused-ring (bicyclic) bond motifs is 1. The molecule has 2 aliphatic rings. The van der Waals surface area contributed by atoms with Gasteiger partial charge in [-0.1, -0.05) is 11.3 Å². The van der Waals surface area contributed by atoms with E-state index in [1.807, 2.05) is 24.0 Å². The first-order chi connectivity index (χ1) is 15.5. The topological polar surface area (TPSA) is 90.4 Å². The first kappa shape index (κ1) is 21.2. The van der Waals surface area contributed by atoms with Gasteiger partial charge in [-0.3, -0.25) is 15.2 Å². The quantitative estimate of drug-likeness (QED) is 0.653. The first-order valence-electron chi connectivity index (χ1n) is 11.1. The molecule has 0 radical (unpaired) electrons. The van der Waals surface area contributed by atoms with Gasteiger partial charge in [0.25, 0.3) is 0 Å². The Labute approximate surface area is 191 Å². The average molecular weight is 453 g/mol. The van der Waals surface area contributed by atoms with Crippen LogP contribution in [-0.2, 0) is 0 Å². The van der Waals surface area contributed by atoms with E-state index in [1.54, 1.807) is 12.4 Å². The van der Waals surface area contributed by atoms with Gasteiger partial charge in [0, 0.05) is 62.5 Å². The summed E-state index contributed by atoms with van der Waals surface area (Å²) in [7, 11) is 2.18. The summed E-state index contributed by atoms with van der Waals surface area (Å²) >= 11 is 1.53. The second-order valence-electron chi connectivity index (χ2n) is 8.60. The summed E-state index contributed by atoms with van der Waals surface area (Å²) < 4.78 is 0. The number of nitrogens with zero attached hydrogens (tertiary/aromatic N) is 7. The number of amides is 2. The monoisotopic (exact) mass is 452 g/mol. The molecule has 9 nitrogen and oxygen atoms in total. The van der Waals surface area contributed by atoms with E-state index in [0.717, 1.165) is 78.6 Å². The van der Waals surface area contributed by atoms with Gasteiger partial charge in [0.15, 0.2) is 0 Å². The molecule has 2 aliphatic heterocycles. The molecule has 1 N–H and O–H groups in total. The third-order valence-corrected chi connectivity index (χ3v) is 7.27. The number of piperidine rings is 1. The SMILES string of the molecule is Cc1nnc(-c2cnc3cnc(NC(=O)N4CCC(N5CCN(C)CC5)CC4)cc3c2)s1. The molecule has 0 aliphatic carbocycles. The van der Waals surface area contributed by atoms with Gasteiger partial charge in [-0.2, -0.15) is 0 Å². The van der Waals surface area contributed by atoms with E-state index in [4.69, 9.17) is 0 Å². The van der Waals surface area contributed by atoms with Gasteiger partial charge in [0.2, 0.25) is 0 Å². The summed E-state index contributed by atoms with van der Waals surface area (Å²) in [5, 5.41) is 13.9. The molecule has 0 aromatic carbocycles. The summed E-state index contributed by atoms with van der Waals surface area (Å²) in [6.45, 7) is 7.99. The third kappa shape index (κ3) is 4.57. The highest BCUT2D eigenvalue weighted by atomic mass is 32.1. The highest BCUT2D eigenvalue weighted by Gasteiger charge is 2.28. The van der Waals surface area contributed by atoms with Gasteiger partial charge in [0.1, 0.15) is 15.8 Å². The van der Waals surface area contributed by atoms with Crippen molar-refractivity contribution in [2.45, 2.75) is 25.8 Å². The molecule has 168 valence electrons. The Morgan fingerprint density at radius 2 is 1.81 bits per heavy atom. The van der Waals surface area contributed by atoms with Gasteiger partial charge >= 0.3 is 6.03 Å². The van der Waals surface area contributed by atoms with Crippen molar-refractivity contribution < 1.29 is 4.79 Å². The Bertz CT molecular complexity index is 1100. The van der Waals surface area contributed by atoms with Crippen LogP contribution in [0.25, 0.3) is 21.5 Å². The summed E-state index contributed by atoms with van der Waals surface area (Å²) in [6, 6.07) is 4.38. The molecule has 3 aromatic heterocycles. The summed E-state index contributed by atoms with van der Waals surface area (Å²) in [5.74, 6) is 0.538. The molecular weight excluding hydrogens is 424 g/mol. The van der Waals surface area contributed by atoms with Gasteiger partial charge < -0.3 is 9.80 Å². The predicted octanol–water partition coefficient (Wildman–Crippen LogP) is 2.70. The number of carbonyl (C=O) groups is 1. The molecule has 2 fully saturated rings. The first-order valence-corrected chi connectivity index (χ1v) is 11.9. The van der Waals surface area contributed by atoms with E-state index in [2.05, 4.69) is 42.3 Å². The molecule has 2 saturated heterocycles. The third-order valence-electron chi connectivity index (χ3n) is 6.38. The number of rotatable bonds is 3. The van der Waals surface area contributed by atoms with Gasteiger partial charge in [-0.15, -0.1) is 10.2 Å². The summed E-state index contributed by atoms with van der Waals surface area (Å²) in [4.78, 5) is 28.6. The van der Waals surface area contributed by atoms with Crippen LogP contribution in [0, 0.1) is 6.92 Å². The zero-order valence-corrected chi connectivity index (χ0v) is 19.3. The van der Waals surface area contributed by atoms with E-state index >= 15 is 0 Å². The van der Waals surface area contributed by atoms with Crippen LogP contribution in [0.1, 0.15) is 17.8 Å². The van der Waals surface area contributed by atoms with E-state index in [-0.39, 0.29) is 6.03 Å². The lowest BCUT2D eigenvalue weighted by molar-refractivity contribution is 0.0765. The lowest BCUT2D eigenvalue weighted by Crippen LogP contribution is -2.53. The van der Waals surface area contributed by atoms with Gasteiger partial charge in [0.05, 0.1) is 11.7 Å². The fraction of sp³-hybridized carbons (Fsp3) is 0.500. The maximum absolute atomic E-state index is 12.8. The van der Waals surface area contributed by atoms with Crippen molar-refractivity contribution in [2.75, 3.05) is 51.6 Å². The second-order valence-corrected chi connectivity index (χ2v) is 9.78. The number of hydrogen-bond acceptors (Lipinski definition) is 8. The van der Waals surface area contributed by atoms with Crippen molar-refractivity contribution in [3.8, 4) is 10.6 Å². The van der Waals surface area contributed by atoms with Crippen molar-refractivity contribution in [2.24, 2.45) is 0 Å². The van der Waals surface area contributed by atoms with E-state index in [9.17, 15) is 4.79 Å². The van der Waals surface area contributed by atoms with Crippen LogP contribution in [-0.4, -0.2) is 93.3 Å². The molecule has 2 amide bonds. The molecule has 5 rings (SSSR count). The van der Waals surface area contributed by atoms with Gasteiger partial charge in [-0.05, 0) is 38.9 Å². The number of hydrogen-bond donors (Lipinski definition) is 1. The molecule has 0 saturated carbocycles. The number of likely N-dealkylation sites (N-methyl/N-ethyl adjacent to an activating group) is 1. The van der Waals surface area contributed by atoms with E-state index in [0.29, 0.717) is 11.9 Å². The lowest BCUT2D eigenvalue weighted by atomic mass is 10.0. The molecule has 0 atom stereocenters. The largest absolute Gasteiger partial charge is 0.324 e. The molecule has 0 spiro atoms. The Kier molecular flexibility index (Phi) is 5.99. The predicted molar refractivity (Wildman–Crippen MR) is 126 cm³/mol. The molecule has 10 heteroatoms. The Morgan fingerprint density at radius 1 is 1.03 bits per heavy atom. The van der Waals surface area contributed by atoms with Crippen LogP contribution in [0.2, 0.25) is 0 Å². The zero-order chi connectivity index (χ0) is 22.1. The zero-order valence-electron chi connectivity index (χ0n) is 18.5. The minimum absolute atomic E-state index is 0.0856. The molecule has 5 heterocycles. The van der Waals surface area contributed by atoms with Crippen LogP contribution in [0.3, 0.4) is 0 Å². The molecular formula is C22H28N8OS. The molecule has 0 bridgehead atoms. The van der Waals surface area contributed by atoms with E-state index in [1.165, 1.54) is 11.3 Å². The highest BCUT2D eigenvalue weighted by Crippen LogP contribution is 2.26. The summed E-state index contributed by atoms with van der Waals surface area (Å²) in [6.07, 6.45) is 5.53. The smallest absolute Gasteiger partial charge is 0.323 e. The number of pyridine rings is 2. The van der Waals surface area contributed by atoms with Crippen molar-refractivity contribution in [1.29, 1.82) is 0 Å². The molecule has 0 unspecified atom stereocenters. The number of aromatic nitrogens is 4. The number of carbonyl (C=O) groups excluding carboxylic acids is 1. The Balaban J connectivity index is 1.22. The lowest BCUT2D eigenvalue weighted by Gasteiger charge is -2.42. The fourth-order valence-corrected chi connectivity index (χ4v) is 5.11. The fourth-order valence-electron chi connectivity index (χ4n) is 4.44. The normalized spacial score (nSPS) is 18.9. The van der Waals surface area contributed by atoms with Gasteiger partial charge in [-0.25, -0.2) is 9.78 Å². The number of anilines is 1. The Morgan fingerprint density at radius 3 is 2.53 bits per heavy atom. The molecule has 32 heavy (non-hydrogen) atoms. The number of piperazine rings is 1. The summed E-state index contributed by atoms with van der Waals surface area (Å²) in [5.41, 5.74) is 1.69. The number of urea groups is 1. The van der Waals surface area contributed by atoms with E-state index < -0.39 is 0 Å². The van der Waals surface area contributed by atoms with Crippen molar-refractivity contribution in [3.05, 3.63) is 29.5 Å². The van der Waals surface area contributed by atoms with Crippen molar-refractivity contribution in [3.63, 3.8) is 0 Å². The number of aryl methyl sites for hydroxylation is 1.